The molecule has 0 bridgehead atoms. The van der Waals surface area contributed by atoms with Gasteiger partial charge in [-0.3, -0.25) is 4.79 Å². The summed E-state index contributed by atoms with van der Waals surface area (Å²) >= 11 is 4.76. The highest BCUT2D eigenvalue weighted by molar-refractivity contribution is 9.09. The minimum absolute atomic E-state index is 0.566. The number of rotatable bonds is 3. The van der Waals surface area contributed by atoms with Crippen LogP contribution in [0.3, 0.4) is 0 Å². The van der Waals surface area contributed by atoms with Crippen molar-refractivity contribution < 1.29 is 4.79 Å². The highest BCUT2D eigenvalue weighted by Crippen LogP contribution is 2.11. The van der Waals surface area contributed by atoms with Crippen LogP contribution in [0.25, 0.3) is 0 Å². The Bertz CT molecular complexity index is 223. The van der Waals surface area contributed by atoms with Gasteiger partial charge in [0.2, 0.25) is 0 Å². The molecular weight excluding hydrogens is 214 g/mol. The first-order valence-electron chi connectivity index (χ1n) is 2.82. The number of nitrogens with zero attached hydrogens (tertiary/aromatic N) is 1. The highest BCUT2D eigenvalue weighted by atomic mass is 79.9. The third-order valence-corrected chi connectivity index (χ3v) is 2.39. The Morgan fingerprint density at radius 2 is 2.60 bits per heavy atom. The van der Waals surface area contributed by atoms with Crippen LogP contribution < -0.4 is 0 Å². The lowest BCUT2D eigenvalue weighted by Gasteiger charge is -1.83. The van der Waals surface area contributed by atoms with Crippen LogP contribution in [0.2, 0.25) is 0 Å². The zero-order chi connectivity index (χ0) is 7.40. The third kappa shape index (κ3) is 1.88. The maximum atomic E-state index is 10.2. The van der Waals surface area contributed by atoms with E-state index in [2.05, 4.69) is 20.9 Å². The second kappa shape index (κ2) is 3.83. The van der Waals surface area contributed by atoms with Crippen molar-refractivity contribution in [1.82, 2.24) is 4.98 Å². The molecule has 0 aliphatic carbocycles. The average Bonchev–Trinajstić information content (AvgIpc) is 2.37. The lowest BCUT2D eigenvalue weighted by molar-refractivity contribution is 0.112. The normalized spacial score (nSPS) is 9.70. The lowest BCUT2D eigenvalue weighted by atomic mass is 10.4. The number of carbonyl (C=O) groups excluding carboxylic acids is 1. The summed E-state index contributed by atoms with van der Waals surface area (Å²) in [5.74, 6) is 0. The molecule has 0 saturated carbocycles. The third-order valence-electron chi connectivity index (χ3n) is 1.01. The molecule has 0 unspecified atom stereocenters. The van der Waals surface area contributed by atoms with E-state index in [-0.39, 0.29) is 0 Å². The fourth-order valence-electron chi connectivity index (χ4n) is 0.586. The maximum absolute atomic E-state index is 10.2. The summed E-state index contributed by atoms with van der Waals surface area (Å²) in [6, 6.07) is 0. The summed E-state index contributed by atoms with van der Waals surface area (Å²) in [5.41, 5.74) is 0. The molecule has 0 saturated heterocycles. The first-order valence-corrected chi connectivity index (χ1v) is 4.76. The minimum atomic E-state index is 0.566. The van der Waals surface area contributed by atoms with Gasteiger partial charge in [-0.2, -0.15) is 0 Å². The van der Waals surface area contributed by atoms with Gasteiger partial charge in [-0.15, -0.1) is 11.3 Å². The zero-order valence-electron chi connectivity index (χ0n) is 5.21. The molecule has 0 spiro atoms. The number of thiazole rings is 1. The van der Waals surface area contributed by atoms with Crippen molar-refractivity contribution in [3.8, 4) is 0 Å². The molecule has 2 nitrogen and oxygen atoms in total. The van der Waals surface area contributed by atoms with E-state index < -0.39 is 0 Å². The quantitative estimate of drug-likeness (QED) is 0.575. The molecule has 54 valence electrons. The van der Waals surface area contributed by atoms with E-state index in [1.165, 1.54) is 11.3 Å². The van der Waals surface area contributed by atoms with E-state index in [1.54, 1.807) is 6.20 Å². The lowest BCUT2D eigenvalue weighted by Crippen LogP contribution is -1.76. The van der Waals surface area contributed by atoms with E-state index in [0.717, 1.165) is 22.9 Å². The van der Waals surface area contributed by atoms with Gasteiger partial charge in [-0.25, -0.2) is 4.98 Å². The Hall–Kier alpha value is -0.220. The topological polar surface area (TPSA) is 30.0 Å². The Morgan fingerprint density at radius 3 is 3.10 bits per heavy atom. The first-order chi connectivity index (χ1) is 4.86. The Morgan fingerprint density at radius 1 is 1.80 bits per heavy atom. The van der Waals surface area contributed by atoms with Gasteiger partial charge >= 0.3 is 0 Å². The summed E-state index contributed by atoms with van der Waals surface area (Å²) in [6.45, 7) is 0. The van der Waals surface area contributed by atoms with Crippen LogP contribution in [0.4, 0.5) is 0 Å². The fraction of sp³-hybridized carbons (Fsp3) is 0.333. The monoisotopic (exact) mass is 219 g/mol. The second-order valence-electron chi connectivity index (χ2n) is 1.72. The Kier molecular flexibility index (Phi) is 3.02. The van der Waals surface area contributed by atoms with Gasteiger partial charge in [0.25, 0.3) is 0 Å². The van der Waals surface area contributed by atoms with Gasteiger partial charge in [0.1, 0.15) is 0 Å². The number of halogens is 1. The summed E-state index contributed by atoms with van der Waals surface area (Å²) < 4.78 is 0. The van der Waals surface area contributed by atoms with Crippen molar-refractivity contribution >= 4 is 33.6 Å². The molecule has 4 heteroatoms. The van der Waals surface area contributed by atoms with Crippen molar-refractivity contribution in [2.75, 3.05) is 5.33 Å². The van der Waals surface area contributed by atoms with E-state index in [9.17, 15) is 4.79 Å². The molecular formula is C6H6BrNOS. The average molecular weight is 220 g/mol. The highest BCUT2D eigenvalue weighted by Gasteiger charge is 1.97. The summed E-state index contributed by atoms with van der Waals surface area (Å²) in [7, 11) is 0. The summed E-state index contributed by atoms with van der Waals surface area (Å²) in [6.07, 6.45) is 3.48. The molecule has 0 aliphatic rings. The summed E-state index contributed by atoms with van der Waals surface area (Å²) in [4.78, 5) is 15.2. The predicted molar refractivity (Wildman–Crippen MR) is 45.0 cm³/mol. The largest absolute Gasteiger partial charge is 0.295 e. The van der Waals surface area contributed by atoms with Crippen molar-refractivity contribution in [3.05, 3.63) is 16.1 Å². The SMILES string of the molecule is O=Cc1ncc(CCBr)s1. The Balaban J connectivity index is 2.68. The van der Waals surface area contributed by atoms with E-state index in [0.29, 0.717) is 5.01 Å². The number of carbonyl (C=O) groups is 1. The molecule has 0 atom stereocenters. The number of aryl methyl sites for hydroxylation is 1. The minimum Gasteiger partial charge on any atom is -0.295 e. The van der Waals surface area contributed by atoms with Gasteiger partial charge in [-0.05, 0) is 6.42 Å². The number of hydrogen-bond donors (Lipinski definition) is 0. The molecule has 0 amide bonds. The van der Waals surface area contributed by atoms with Gasteiger partial charge in [0.05, 0.1) is 0 Å². The van der Waals surface area contributed by atoms with Crippen LogP contribution in [-0.2, 0) is 6.42 Å². The molecule has 0 fully saturated rings. The van der Waals surface area contributed by atoms with E-state index in [4.69, 9.17) is 0 Å². The van der Waals surface area contributed by atoms with Gasteiger partial charge in [0.15, 0.2) is 11.3 Å². The summed E-state index contributed by atoms with van der Waals surface area (Å²) in [5, 5.41) is 1.49. The van der Waals surface area contributed by atoms with Crippen molar-refractivity contribution in [1.29, 1.82) is 0 Å². The van der Waals surface area contributed by atoms with Gasteiger partial charge in [0, 0.05) is 16.4 Å². The molecule has 0 N–H and O–H groups in total. The fourth-order valence-corrected chi connectivity index (χ4v) is 2.01. The molecule has 0 aromatic carbocycles. The van der Waals surface area contributed by atoms with Crippen LogP contribution in [0, 0.1) is 0 Å². The van der Waals surface area contributed by atoms with Crippen molar-refractivity contribution in [3.63, 3.8) is 0 Å². The standard InChI is InChI=1S/C6H6BrNOS/c7-2-1-5-3-8-6(4-9)10-5/h3-4H,1-2H2. The molecule has 0 radical (unpaired) electrons. The number of alkyl halides is 1. The maximum Gasteiger partial charge on any atom is 0.178 e. The Labute approximate surface area is 71.4 Å². The molecule has 1 heterocycles. The van der Waals surface area contributed by atoms with Crippen LogP contribution in [0.1, 0.15) is 14.7 Å². The first kappa shape index (κ1) is 7.88. The molecule has 1 aromatic heterocycles. The molecule has 0 aliphatic heterocycles. The van der Waals surface area contributed by atoms with Crippen LogP contribution in [-0.4, -0.2) is 16.6 Å². The second-order valence-corrected chi connectivity index (χ2v) is 3.66. The van der Waals surface area contributed by atoms with E-state index in [1.807, 2.05) is 0 Å². The molecule has 10 heavy (non-hydrogen) atoms. The molecule has 1 aromatic rings. The van der Waals surface area contributed by atoms with Crippen molar-refractivity contribution in [2.45, 2.75) is 6.42 Å². The predicted octanol–water partition coefficient (Wildman–Crippen LogP) is 1.89. The van der Waals surface area contributed by atoms with Gasteiger partial charge in [-0.1, -0.05) is 15.9 Å². The van der Waals surface area contributed by atoms with Crippen LogP contribution in [0.15, 0.2) is 6.20 Å². The van der Waals surface area contributed by atoms with Crippen molar-refractivity contribution in [2.24, 2.45) is 0 Å². The van der Waals surface area contributed by atoms with Gasteiger partial charge < -0.3 is 0 Å². The molecule has 1 rings (SSSR count). The van der Waals surface area contributed by atoms with Crippen LogP contribution >= 0.6 is 27.3 Å². The number of aldehydes is 1. The van der Waals surface area contributed by atoms with Crippen LogP contribution in [0.5, 0.6) is 0 Å². The number of hydrogen-bond acceptors (Lipinski definition) is 3. The smallest absolute Gasteiger partial charge is 0.178 e. The van der Waals surface area contributed by atoms with E-state index >= 15 is 0 Å². The number of aromatic nitrogens is 1. The zero-order valence-corrected chi connectivity index (χ0v) is 7.61.